The second kappa shape index (κ2) is 5.83. The minimum Gasteiger partial charge on any atom is -0.430 e. The van der Waals surface area contributed by atoms with E-state index in [-0.39, 0.29) is 28.8 Å². The first-order chi connectivity index (χ1) is 9.88. The van der Waals surface area contributed by atoms with Gasteiger partial charge < -0.3 is 10.5 Å². The predicted molar refractivity (Wildman–Crippen MR) is 78.7 cm³/mol. The fraction of sp³-hybridized carbons (Fsp3) is 0.0833. The molecule has 0 saturated heterocycles. The van der Waals surface area contributed by atoms with Gasteiger partial charge in [0.25, 0.3) is 0 Å². The number of nitrogens with one attached hydrogen (secondary N) is 1. The molecule has 0 spiro atoms. The van der Waals surface area contributed by atoms with Crippen molar-refractivity contribution in [3.05, 3.63) is 50.4 Å². The Bertz CT molecular complexity index is 718. The van der Waals surface area contributed by atoms with Crippen molar-refractivity contribution < 1.29 is 9.66 Å². The van der Waals surface area contributed by atoms with Gasteiger partial charge in [0.2, 0.25) is 11.6 Å². The van der Waals surface area contributed by atoms with Crippen molar-refractivity contribution in [1.82, 2.24) is 9.97 Å². The molecule has 2 rings (SSSR count). The minimum atomic E-state index is -0.537. The molecule has 0 aliphatic rings. The van der Waals surface area contributed by atoms with E-state index in [1.165, 1.54) is 18.5 Å². The third-order valence-corrected chi connectivity index (χ3v) is 2.99. The number of rotatable bonds is 4. The molecule has 1 heterocycles. The lowest BCUT2D eigenvalue weighted by atomic mass is 10.2. The van der Waals surface area contributed by atoms with Gasteiger partial charge in [-0.3, -0.25) is 15.5 Å². The van der Waals surface area contributed by atoms with Gasteiger partial charge >= 0.3 is 5.69 Å². The molecule has 0 unspecified atom stereocenters. The number of nitro benzene ring substituents is 1. The number of aromatic nitrogens is 2. The number of halogens is 1. The predicted octanol–water partition coefficient (Wildman–Crippen LogP) is 2.53. The minimum absolute atomic E-state index is 0.0773. The van der Waals surface area contributed by atoms with Crippen LogP contribution in [0.15, 0.2) is 29.0 Å². The summed E-state index contributed by atoms with van der Waals surface area (Å²) >= 11 is 3.20. The molecule has 0 bridgehead atoms. The standard InChI is InChI=1S/C12H10BrN5O3/c1-6-2-7(13)3-9(18(19)20)11(6)21-10-5-16-8(4-17-10)12(14)15/h2-5H,1H3,(H3,14,15). The first kappa shape index (κ1) is 14.9. The van der Waals surface area contributed by atoms with Gasteiger partial charge in [-0.1, -0.05) is 15.9 Å². The molecule has 0 atom stereocenters. The van der Waals surface area contributed by atoms with Crippen molar-refractivity contribution in [2.24, 2.45) is 5.73 Å². The Morgan fingerprint density at radius 1 is 1.43 bits per heavy atom. The molecule has 9 heteroatoms. The number of amidine groups is 1. The molecule has 8 nitrogen and oxygen atoms in total. The topological polar surface area (TPSA) is 128 Å². The monoisotopic (exact) mass is 351 g/mol. The van der Waals surface area contributed by atoms with Gasteiger partial charge in [-0.2, -0.15) is 0 Å². The highest BCUT2D eigenvalue weighted by Crippen LogP contribution is 2.36. The van der Waals surface area contributed by atoms with E-state index in [2.05, 4.69) is 25.9 Å². The molecule has 0 aliphatic heterocycles. The Labute approximate surface area is 127 Å². The number of nitrogens with two attached hydrogens (primary N) is 1. The fourth-order valence-corrected chi connectivity index (χ4v) is 2.15. The number of aryl methyl sites for hydroxylation is 1. The number of ether oxygens (including phenoxy) is 1. The average molecular weight is 352 g/mol. The maximum atomic E-state index is 11.1. The van der Waals surface area contributed by atoms with E-state index in [1.807, 2.05) is 0 Å². The van der Waals surface area contributed by atoms with E-state index in [1.54, 1.807) is 13.0 Å². The molecule has 1 aromatic carbocycles. The van der Waals surface area contributed by atoms with Crippen LogP contribution in [0.5, 0.6) is 11.6 Å². The van der Waals surface area contributed by atoms with Crippen molar-refractivity contribution in [2.45, 2.75) is 6.92 Å². The highest BCUT2D eigenvalue weighted by atomic mass is 79.9. The Morgan fingerprint density at radius 2 is 2.14 bits per heavy atom. The Hall–Kier alpha value is -2.55. The van der Waals surface area contributed by atoms with Crippen LogP contribution in [-0.2, 0) is 0 Å². The largest absolute Gasteiger partial charge is 0.430 e. The van der Waals surface area contributed by atoms with Crippen molar-refractivity contribution in [3.63, 3.8) is 0 Å². The summed E-state index contributed by atoms with van der Waals surface area (Å²) in [6, 6.07) is 3.04. The molecule has 0 saturated carbocycles. The maximum absolute atomic E-state index is 11.1. The summed E-state index contributed by atoms with van der Waals surface area (Å²) in [7, 11) is 0. The first-order valence-corrected chi connectivity index (χ1v) is 6.46. The van der Waals surface area contributed by atoms with E-state index in [0.29, 0.717) is 10.0 Å². The van der Waals surface area contributed by atoms with Gasteiger partial charge in [0.15, 0.2) is 0 Å². The Balaban J connectivity index is 2.39. The third-order valence-electron chi connectivity index (χ3n) is 2.53. The van der Waals surface area contributed by atoms with E-state index in [4.69, 9.17) is 15.9 Å². The Morgan fingerprint density at radius 3 is 2.67 bits per heavy atom. The molecular weight excluding hydrogens is 342 g/mol. The second-order valence-electron chi connectivity index (χ2n) is 4.08. The zero-order valence-corrected chi connectivity index (χ0v) is 12.4. The molecule has 108 valence electrons. The van der Waals surface area contributed by atoms with Crippen molar-refractivity contribution in [3.8, 4) is 11.6 Å². The summed E-state index contributed by atoms with van der Waals surface area (Å²) in [4.78, 5) is 18.3. The van der Waals surface area contributed by atoms with E-state index in [0.717, 1.165) is 0 Å². The molecule has 21 heavy (non-hydrogen) atoms. The smallest absolute Gasteiger partial charge is 0.313 e. The van der Waals surface area contributed by atoms with Crippen molar-refractivity contribution >= 4 is 27.5 Å². The number of hydrogen-bond acceptors (Lipinski definition) is 6. The van der Waals surface area contributed by atoms with Gasteiger partial charge in [0.1, 0.15) is 11.5 Å². The third kappa shape index (κ3) is 3.31. The number of nitrogens with zero attached hydrogens (tertiary/aromatic N) is 3. The van der Waals surface area contributed by atoms with Crippen LogP contribution < -0.4 is 10.5 Å². The molecule has 0 radical (unpaired) electrons. The second-order valence-corrected chi connectivity index (χ2v) is 5.00. The summed E-state index contributed by atoms with van der Waals surface area (Å²) < 4.78 is 6.02. The Kier molecular flexibility index (Phi) is 4.13. The number of nitrogen functional groups attached to an aromatic ring is 1. The molecule has 2 aromatic rings. The van der Waals surface area contributed by atoms with Crippen LogP contribution in [0.2, 0.25) is 0 Å². The summed E-state index contributed by atoms with van der Waals surface area (Å²) in [6.45, 7) is 1.68. The SMILES string of the molecule is Cc1cc(Br)cc([N+](=O)[O-])c1Oc1cnc(C(=N)N)cn1. The molecule has 3 N–H and O–H groups in total. The number of benzene rings is 1. The lowest BCUT2D eigenvalue weighted by Gasteiger charge is -2.09. The van der Waals surface area contributed by atoms with Gasteiger partial charge in [-0.05, 0) is 13.0 Å². The highest BCUT2D eigenvalue weighted by molar-refractivity contribution is 9.10. The van der Waals surface area contributed by atoms with Gasteiger partial charge in [-0.25, -0.2) is 9.97 Å². The fourth-order valence-electron chi connectivity index (χ4n) is 1.59. The van der Waals surface area contributed by atoms with Crippen molar-refractivity contribution in [1.29, 1.82) is 5.41 Å². The molecule has 0 aliphatic carbocycles. The van der Waals surface area contributed by atoms with Crippen LogP contribution in [-0.4, -0.2) is 20.7 Å². The van der Waals surface area contributed by atoms with E-state index < -0.39 is 4.92 Å². The molecule has 1 aromatic heterocycles. The zero-order chi connectivity index (χ0) is 15.6. The summed E-state index contributed by atoms with van der Waals surface area (Å²) in [6.07, 6.45) is 2.51. The quantitative estimate of drug-likeness (QED) is 0.377. The summed E-state index contributed by atoms with van der Waals surface area (Å²) in [5, 5.41) is 18.3. The van der Waals surface area contributed by atoms with Crippen LogP contribution in [0.4, 0.5) is 5.69 Å². The van der Waals surface area contributed by atoms with Crippen LogP contribution in [0.1, 0.15) is 11.3 Å². The summed E-state index contributed by atoms with van der Waals surface area (Å²) in [5.74, 6) is -0.0542. The normalized spacial score (nSPS) is 10.2. The van der Waals surface area contributed by atoms with Gasteiger partial charge in [0.05, 0.1) is 17.3 Å². The lowest BCUT2D eigenvalue weighted by molar-refractivity contribution is -0.385. The summed E-state index contributed by atoms with van der Waals surface area (Å²) in [5.41, 5.74) is 5.86. The zero-order valence-electron chi connectivity index (χ0n) is 10.8. The maximum Gasteiger partial charge on any atom is 0.313 e. The number of nitro groups is 1. The molecular formula is C12H10BrN5O3. The van der Waals surface area contributed by atoms with Crippen LogP contribution in [0.3, 0.4) is 0 Å². The highest BCUT2D eigenvalue weighted by Gasteiger charge is 2.20. The van der Waals surface area contributed by atoms with Crippen LogP contribution in [0, 0.1) is 22.4 Å². The molecule has 0 fully saturated rings. The van der Waals surface area contributed by atoms with Gasteiger partial charge in [-0.15, -0.1) is 0 Å². The number of hydrogen-bond donors (Lipinski definition) is 2. The van der Waals surface area contributed by atoms with Crippen LogP contribution >= 0.6 is 15.9 Å². The van der Waals surface area contributed by atoms with Crippen molar-refractivity contribution in [2.75, 3.05) is 0 Å². The van der Waals surface area contributed by atoms with Gasteiger partial charge in [0, 0.05) is 16.1 Å². The first-order valence-electron chi connectivity index (χ1n) is 5.67. The van der Waals surface area contributed by atoms with Crippen LogP contribution in [0.25, 0.3) is 0 Å². The van der Waals surface area contributed by atoms with E-state index >= 15 is 0 Å². The van der Waals surface area contributed by atoms with E-state index in [9.17, 15) is 10.1 Å². The average Bonchev–Trinajstić information content (AvgIpc) is 2.41. The lowest BCUT2D eigenvalue weighted by Crippen LogP contribution is -2.13. The molecule has 0 amide bonds.